The van der Waals surface area contributed by atoms with Crippen LogP contribution in [0.5, 0.6) is 5.88 Å². The fourth-order valence-electron chi connectivity index (χ4n) is 2.73. The van der Waals surface area contributed by atoms with E-state index in [0.29, 0.717) is 11.8 Å². The highest BCUT2D eigenvalue weighted by Crippen LogP contribution is 2.15. The number of anilines is 2. The van der Waals surface area contributed by atoms with Crippen molar-refractivity contribution >= 4 is 11.9 Å². The maximum absolute atomic E-state index is 5.17. The molecule has 1 aliphatic heterocycles. The molecule has 8 heteroatoms. The van der Waals surface area contributed by atoms with Crippen molar-refractivity contribution in [2.75, 3.05) is 50.1 Å². The highest BCUT2D eigenvalue weighted by Gasteiger charge is 2.19. The highest BCUT2D eigenvalue weighted by atomic mass is 16.5. The Labute approximate surface area is 148 Å². The number of ether oxygens (including phenoxy) is 1. The Morgan fingerprint density at radius 2 is 1.88 bits per heavy atom. The van der Waals surface area contributed by atoms with Crippen LogP contribution in [0.25, 0.3) is 0 Å². The molecule has 0 amide bonds. The monoisotopic (exact) mass is 343 g/mol. The van der Waals surface area contributed by atoms with Crippen molar-refractivity contribution < 1.29 is 4.74 Å². The molecule has 1 aliphatic rings. The second-order valence-corrected chi connectivity index (χ2v) is 6.00. The lowest BCUT2D eigenvalue weighted by Crippen LogP contribution is -2.46. The Balaban J connectivity index is 1.50. The van der Waals surface area contributed by atoms with Crippen LogP contribution < -0.4 is 15.0 Å². The third kappa shape index (κ3) is 4.76. The summed E-state index contributed by atoms with van der Waals surface area (Å²) in [6.45, 7) is 7.58. The third-order valence-corrected chi connectivity index (χ3v) is 4.13. The van der Waals surface area contributed by atoms with Crippen molar-refractivity contribution in [3.05, 3.63) is 30.2 Å². The van der Waals surface area contributed by atoms with E-state index in [4.69, 9.17) is 4.74 Å². The van der Waals surface area contributed by atoms with Gasteiger partial charge in [-0.1, -0.05) is 6.92 Å². The molecule has 8 nitrogen and oxygen atoms in total. The number of hydrogen-bond acceptors (Lipinski definition) is 8. The molecule has 0 spiro atoms. The summed E-state index contributed by atoms with van der Waals surface area (Å²) in [7, 11) is 1.62. The van der Waals surface area contributed by atoms with Crippen molar-refractivity contribution in [3.8, 4) is 5.88 Å². The van der Waals surface area contributed by atoms with Crippen LogP contribution in [0.1, 0.15) is 18.9 Å². The molecule has 0 radical (unpaired) electrons. The second-order valence-electron chi connectivity index (χ2n) is 6.00. The number of nitrogens with zero attached hydrogens (tertiary/aromatic N) is 6. The minimum atomic E-state index is 0.598. The van der Waals surface area contributed by atoms with Gasteiger partial charge in [-0.05, 0) is 6.42 Å². The fraction of sp³-hybridized carbons (Fsp3) is 0.529. The smallest absolute Gasteiger partial charge is 0.228 e. The van der Waals surface area contributed by atoms with Gasteiger partial charge in [-0.25, -0.2) is 15.0 Å². The van der Waals surface area contributed by atoms with E-state index >= 15 is 0 Å². The molecule has 1 saturated heterocycles. The molecule has 2 aromatic heterocycles. The van der Waals surface area contributed by atoms with Crippen molar-refractivity contribution in [1.82, 2.24) is 24.8 Å². The molecule has 1 N–H and O–H groups in total. The van der Waals surface area contributed by atoms with E-state index in [1.165, 1.54) is 0 Å². The third-order valence-electron chi connectivity index (χ3n) is 4.13. The van der Waals surface area contributed by atoms with Crippen LogP contribution in [-0.4, -0.2) is 64.7 Å². The number of hydrogen-bond donors (Lipinski definition) is 1. The Kier molecular flexibility index (Phi) is 5.95. The van der Waals surface area contributed by atoms with E-state index in [1.807, 2.05) is 12.4 Å². The van der Waals surface area contributed by atoms with Crippen LogP contribution in [0.3, 0.4) is 0 Å². The van der Waals surface area contributed by atoms with Crippen LogP contribution in [0.15, 0.2) is 24.7 Å². The molecule has 134 valence electrons. The quantitative estimate of drug-likeness (QED) is 0.809. The zero-order chi connectivity index (χ0) is 17.5. The van der Waals surface area contributed by atoms with Crippen molar-refractivity contribution in [1.29, 1.82) is 0 Å². The molecule has 2 aromatic rings. The van der Waals surface area contributed by atoms with Crippen molar-refractivity contribution in [3.63, 3.8) is 0 Å². The lowest BCUT2D eigenvalue weighted by Gasteiger charge is -2.34. The first-order valence-corrected chi connectivity index (χ1v) is 8.67. The molecule has 0 bridgehead atoms. The van der Waals surface area contributed by atoms with E-state index in [9.17, 15) is 0 Å². The summed E-state index contributed by atoms with van der Waals surface area (Å²) in [4.78, 5) is 22.1. The number of rotatable bonds is 7. The minimum Gasteiger partial charge on any atom is -0.481 e. The minimum absolute atomic E-state index is 0.598. The van der Waals surface area contributed by atoms with Gasteiger partial charge in [-0.3, -0.25) is 4.90 Å². The van der Waals surface area contributed by atoms with E-state index in [1.54, 1.807) is 19.4 Å². The number of methoxy groups -OCH3 is 1. The molecular weight excluding hydrogens is 318 g/mol. The molecule has 0 saturated carbocycles. The summed E-state index contributed by atoms with van der Waals surface area (Å²) in [6.07, 6.45) is 6.61. The Bertz CT molecular complexity index is 656. The first kappa shape index (κ1) is 17.3. The highest BCUT2D eigenvalue weighted by molar-refractivity contribution is 5.32. The largest absolute Gasteiger partial charge is 0.481 e. The van der Waals surface area contributed by atoms with Gasteiger partial charge >= 0.3 is 0 Å². The molecule has 0 aliphatic carbocycles. The van der Waals surface area contributed by atoms with E-state index in [0.717, 1.165) is 57.2 Å². The van der Waals surface area contributed by atoms with Gasteiger partial charge in [0, 0.05) is 69.5 Å². The molecular formula is C17H25N7O. The van der Waals surface area contributed by atoms with Gasteiger partial charge in [-0.15, -0.1) is 0 Å². The van der Waals surface area contributed by atoms with Gasteiger partial charge in [0.15, 0.2) is 0 Å². The average Bonchev–Trinajstić information content (AvgIpc) is 2.68. The summed E-state index contributed by atoms with van der Waals surface area (Å²) in [5.74, 6) is 2.03. The number of nitrogens with one attached hydrogen (secondary N) is 1. The van der Waals surface area contributed by atoms with Gasteiger partial charge in [0.25, 0.3) is 0 Å². The first-order valence-electron chi connectivity index (χ1n) is 8.67. The zero-order valence-corrected chi connectivity index (χ0v) is 14.9. The molecule has 0 atom stereocenters. The first-order chi connectivity index (χ1) is 12.3. The standard InChI is InChI=1S/C17H25N7O/c1-3-5-18-16-20-11-14(12-21-16)13-23-7-9-24(10-8-23)17-19-6-4-15(22-17)25-2/h4,6,11-12H,3,5,7-10,13H2,1-2H3,(H,18,20,21). The summed E-state index contributed by atoms with van der Waals surface area (Å²) >= 11 is 0. The fourth-order valence-corrected chi connectivity index (χ4v) is 2.73. The van der Waals surface area contributed by atoms with Crippen LogP contribution in [0.2, 0.25) is 0 Å². The van der Waals surface area contributed by atoms with Crippen LogP contribution in [0, 0.1) is 0 Å². The van der Waals surface area contributed by atoms with Crippen LogP contribution in [0.4, 0.5) is 11.9 Å². The van der Waals surface area contributed by atoms with E-state index < -0.39 is 0 Å². The predicted octanol–water partition coefficient (Wildman–Crippen LogP) is 1.42. The van der Waals surface area contributed by atoms with Crippen molar-refractivity contribution in [2.24, 2.45) is 0 Å². The van der Waals surface area contributed by atoms with E-state index in [2.05, 4.69) is 42.0 Å². The zero-order valence-electron chi connectivity index (χ0n) is 14.9. The molecule has 3 heterocycles. The Morgan fingerprint density at radius 3 is 2.56 bits per heavy atom. The average molecular weight is 343 g/mol. The summed E-state index contributed by atoms with van der Waals surface area (Å²) in [5.41, 5.74) is 1.13. The lowest BCUT2D eigenvalue weighted by molar-refractivity contribution is 0.248. The molecule has 1 fully saturated rings. The molecule has 0 aromatic carbocycles. The van der Waals surface area contributed by atoms with Gasteiger partial charge in [0.05, 0.1) is 7.11 Å². The summed E-state index contributed by atoms with van der Waals surface area (Å²) in [5, 5.41) is 3.19. The van der Waals surface area contributed by atoms with E-state index in [-0.39, 0.29) is 0 Å². The van der Waals surface area contributed by atoms with Gasteiger partial charge in [0.2, 0.25) is 17.8 Å². The Hall–Kier alpha value is -2.48. The maximum Gasteiger partial charge on any atom is 0.228 e. The second kappa shape index (κ2) is 8.57. The molecule has 0 unspecified atom stereocenters. The van der Waals surface area contributed by atoms with Gasteiger partial charge < -0.3 is 15.0 Å². The Morgan fingerprint density at radius 1 is 1.12 bits per heavy atom. The lowest BCUT2D eigenvalue weighted by atomic mass is 10.2. The molecule has 25 heavy (non-hydrogen) atoms. The number of aromatic nitrogens is 4. The number of piperazine rings is 1. The normalized spacial score (nSPS) is 15.2. The van der Waals surface area contributed by atoms with Gasteiger partial charge in [-0.2, -0.15) is 4.98 Å². The summed E-state index contributed by atoms with van der Waals surface area (Å²) in [6, 6.07) is 1.76. The van der Waals surface area contributed by atoms with Crippen LogP contribution in [-0.2, 0) is 6.54 Å². The molecule has 3 rings (SSSR count). The maximum atomic E-state index is 5.17. The SMILES string of the molecule is CCCNc1ncc(CN2CCN(c3nccc(OC)n3)CC2)cn1. The van der Waals surface area contributed by atoms with Gasteiger partial charge in [0.1, 0.15) is 0 Å². The van der Waals surface area contributed by atoms with Crippen LogP contribution >= 0.6 is 0 Å². The summed E-state index contributed by atoms with van der Waals surface area (Å²) < 4.78 is 5.17. The topological polar surface area (TPSA) is 79.3 Å². The predicted molar refractivity (Wildman–Crippen MR) is 96.9 cm³/mol. The van der Waals surface area contributed by atoms with Crippen molar-refractivity contribution in [2.45, 2.75) is 19.9 Å².